The molecule has 6 heteroatoms. The molecule has 0 aromatic carbocycles. The number of ether oxygens (including phenoxy) is 2. The van der Waals surface area contributed by atoms with Crippen molar-refractivity contribution < 1.29 is 9.47 Å². The lowest BCUT2D eigenvalue weighted by Crippen LogP contribution is -2.49. The van der Waals surface area contributed by atoms with Crippen LogP contribution in [0.4, 0.5) is 5.95 Å². The second-order valence-corrected chi connectivity index (χ2v) is 5.66. The second kappa shape index (κ2) is 7.15. The van der Waals surface area contributed by atoms with E-state index in [1.54, 1.807) is 7.11 Å². The van der Waals surface area contributed by atoms with Crippen LogP contribution >= 0.6 is 0 Å². The Balaban J connectivity index is 1.58. The summed E-state index contributed by atoms with van der Waals surface area (Å²) in [7, 11) is 1.71. The van der Waals surface area contributed by atoms with E-state index < -0.39 is 0 Å². The summed E-state index contributed by atoms with van der Waals surface area (Å²) >= 11 is 0. The molecule has 3 rings (SSSR count). The van der Waals surface area contributed by atoms with Crippen LogP contribution in [-0.4, -0.2) is 55.5 Å². The summed E-state index contributed by atoms with van der Waals surface area (Å²) in [4.78, 5) is 11.4. The minimum Gasteiger partial charge on any atom is -0.383 e. The van der Waals surface area contributed by atoms with Crippen LogP contribution in [0.1, 0.15) is 24.8 Å². The first-order chi connectivity index (χ1) is 10.4. The highest BCUT2D eigenvalue weighted by atomic mass is 16.5. The Morgan fingerprint density at radius 3 is 3.05 bits per heavy atom. The largest absolute Gasteiger partial charge is 0.383 e. The molecule has 2 heterocycles. The normalized spacial score (nSPS) is 25.1. The van der Waals surface area contributed by atoms with E-state index >= 15 is 0 Å². The summed E-state index contributed by atoms with van der Waals surface area (Å²) in [5, 5.41) is 3.30. The third-order valence-corrected chi connectivity index (χ3v) is 4.24. The van der Waals surface area contributed by atoms with Gasteiger partial charge in [-0.05, 0) is 19.3 Å². The Hall–Kier alpha value is -1.24. The van der Waals surface area contributed by atoms with Crippen LogP contribution in [-0.2, 0) is 16.0 Å². The molecule has 1 N–H and O–H groups in total. The Morgan fingerprint density at radius 2 is 2.24 bits per heavy atom. The number of nitrogens with one attached hydrogen (secondary N) is 1. The van der Waals surface area contributed by atoms with E-state index in [-0.39, 0.29) is 0 Å². The molecule has 1 aromatic rings. The van der Waals surface area contributed by atoms with Crippen LogP contribution in [0.25, 0.3) is 0 Å². The molecular formula is C15H24N4O2. The summed E-state index contributed by atoms with van der Waals surface area (Å²) in [6, 6.07) is 0.462. The zero-order chi connectivity index (χ0) is 14.5. The number of anilines is 1. The topological polar surface area (TPSA) is 59.5 Å². The first kappa shape index (κ1) is 14.7. The summed E-state index contributed by atoms with van der Waals surface area (Å²) in [5.41, 5.74) is 1.10. The van der Waals surface area contributed by atoms with Gasteiger partial charge in [0.1, 0.15) is 0 Å². The Bertz CT molecular complexity index is 440. The van der Waals surface area contributed by atoms with E-state index in [9.17, 15) is 0 Å². The monoisotopic (exact) mass is 292 g/mol. The highest BCUT2D eigenvalue weighted by Crippen LogP contribution is 2.31. The molecule has 21 heavy (non-hydrogen) atoms. The molecule has 0 spiro atoms. The molecule has 0 bridgehead atoms. The van der Waals surface area contributed by atoms with E-state index in [0.29, 0.717) is 12.1 Å². The summed E-state index contributed by atoms with van der Waals surface area (Å²) in [6.45, 7) is 4.01. The first-order valence-electron chi connectivity index (χ1n) is 7.77. The van der Waals surface area contributed by atoms with Crippen LogP contribution in [0.2, 0.25) is 0 Å². The molecule has 1 aliphatic heterocycles. The van der Waals surface area contributed by atoms with Gasteiger partial charge in [-0.25, -0.2) is 9.97 Å². The number of aromatic nitrogens is 2. The van der Waals surface area contributed by atoms with E-state index in [1.165, 1.54) is 19.3 Å². The Kier molecular flexibility index (Phi) is 5.00. The van der Waals surface area contributed by atoms with Gasteiger partial charge < -0.3 is 19.7 Å². The second-order valence-electron chi connectivity index (χ2n) is 5.66. The number of rotatable bonds is 6. The van der Waals surface area contributed by atoms with E-state index in [0.717, 1.165) is 44.4 Å². The lowest BCUT2D eigenvalue weighted by Gasteiger charge is -2.37. The molecule has 1 saturated heterocycles. The van der Waals surface area contributed by atoms with E-state index in [4.69, 9.17) is 9.47 Å². The van der Waals surface area contributed by atoms with Crippen molar-refractivity contribution in [3.8, 4) is 0 Å². The SMILES string of the molecule is COCCNCc1cnc(N2CCOC3CCCC32)nc1. The van der Waals surface area contributed by atoms with Crippen molar-refractivity contribution in [1.29, 1.82) is 0 Å². The van der Waals surface area contributed by atoms with Crippen LogP contribution in [0.3, 0.4) is 0 Å². The highest BCUT2D eigenvalue weighted by Gasteiger charge is 2.37. The van der Waals surface area contributed by atoms with Gasteiger partial charge in [0.2, 0.25) is 5.95 Å². The lowest BCUT2D eigenvalue weighted by atomic mass is 10.1. The number of hydrogen-bond donors (Lipinski definition) is 1. The van der Waals surface area contributed by atoms with Crippen molar-refractivity contribution in [3.63, 3.8) is 0 Å². The van der Waals surface area contributed by atoms with Gasteiger partial charge in [-0.15, -0.1) is 0 Å². The van der Waals surface area contributed by atoms with E-state index in [1.807, 2.05) is 12.4 Å². The van der Waals surface area contributed by atoms with Crippen molar-refractivity contribution in [2.75, 3.05) is 38.3 Å². The van der Waals surface area contributed by atoms with Crippen molar-refractivity contribution in [1.82, 2.24) is 15.3 Å². The average Bonchev–Trinajstić information content (AvgIpc) is 3.01. The predicted octanol–water partition coefficient (Wildman–Crippen LogP) is 0.970. The molecule has 2 unspecified atom stereocenters. The number of methoxy groups -OCH3 is 1. The Morgan fingerprint density at radius 1 is 1.38 bits per heavy atom. The maximum atomic E-state index is 5.83. The molecule has 1 aliphatic carbocycles. The average molecular weight is 292 g/mol. The molecule has 1 aromatic heterocycles. The Labute approximate surface area is 125 Å². The van der Waals surface area contributed by atoms with Crippen LogP contribution in [0.15, 0.2) is 12.4 Å². The predicted molar refractivity (Wildman–Crippen MR) is 80.3 cm³/mol. The fourth-order valence-corrected chi connectivity index (χ4v) is 3.17. The zero-order valence-electron chi connectivity index (χ0n) is 12.6. The maximum Gasteiger partial charge on any atom is 0.225 e. The van der Waals surface area contributed by atoms with Crippen molar-refractivity contribution in [2.45, 2.75) is 38.0 Å². The minimum absolute atomic E-state index is 0.373. The molecule has 2 atom stereocenters. The fraction of sp³-hybridized carbons (Fsp3) is 0.733. The van der Waals surface area contributed by atoms with Crippen LogP contribution in [0, 0.1) is 0 Å². The number of hydrogen-bond acceptors (Lipinski definition) is 6. The highest BCUT2D eigenvalue weighted by molar-refractivity contribution is 5.34. The van der Waals surface area contributed by atoms with Gasteiger partial charge in [-0.3, -0.25) is 0 Å². The van der Waals surface area contributed by atoms with Crippen LogP contribution < -0.4 is 10.2 Å². The van der Waals surface area contributed by atoms with Crippen molar-refractivity contribution in [3.05, 3.63) is 18.0 Å². The quantitative estimate of drug-likeness (QED) is 0.789. The molecule has 1 saturated carbocycles. The minimum atomic E-state index is 0.373. The number of nitrogens with zero attached hydrogens (tertiary/aromatic N) is 3. The van der Waals surface area contributed by atoms with Gasteiger partial charge in [0.05, 0.1) is 25.4 Å². The molecule has 0 amide bonds. The van der Waals surface area contributed by atoms with Gasteiger partial charge in [0, 0.05) is 44.7 Å². The molecule has 116 valence electrons. The van der Waals surface area contributed by atoms with Crippen molar-refractivity contribution >= 4 is 5.95 Å². The van der Waals surface area contributed by atoms with Crippen LogP contribution in [0.5, 0.6) is 0 Å². The van der Waals surface area contributed by atoms with Crippen molar-refractivity contribution in [2.24, 2.45) is 0 Å². The molecule has 2 fully saturated rings. The summed E-state index contributed by atoms with van der Waals surface area (Å²) in [6.07, 6.45) is 7.81. The molecule has 0 radical (unpaired) electrons. The van der Waals surface area contributed by atoms with Gasteiger partial charge in [-0.2, -0.15) is 0 Å². The van der Waals surface area contributed by atoms with Gasteiger partial charge in [0.15, 0.2) is 0 Å². The standard InChI is InChI=1S/C15H24N4O2/c1-20-7-5-16-9-12-10-17-15(18-11-12)19-6-8-21-14-4-2-3-13(14)19/h10-11,13-14,16H,2-9H2,1H3. The number of fused-ring (bicyclic) bond motifs is 1. The third kappa shape index (κ3) is 3.51. The van der Waals surface area contributed by atoms with Gasteiger partial charge >= 0.3 is 0 Å². The summed E-state index contributed by atoms with van der Waals surface area (Å²) < 4.78 is 10.8. The number of morpholine rings is 1. The molecule has 6 nitrogen and oxygen atoms in total. The third-order valence-electron chi connectivity index (χ3n) is 4.24. The molecular weight excluding hydrogens is 268 g/mol. The van der Waals surface area contributed by atoms with Gasteiger partial charge in [0.25, 0.3) is 0 Å². The van der Waals surface area contributed by atoms with Gasteiger partial charge in [-0.1, -0.05) is 0 Å². The maximum absolute atomic E-state index is 5.83. The molecule has 2 aliphatic rings. The first-order valence-corrected chi connectivity index (χ1v) is 7.77. The summed E-state index contributed by atoms with van der Waals surface area (Å²) in [5.74, 6) is 0.843. The fourth-order valence-electron chi connectivity index (χ4n) is 3.17. The van der Waals surface area contributed by atoms with E-state index in [2.05, 4.69) is 20.2 Å². The lowest BCUT2D eigenvalue weighted by molar-refractivity contribution is 0.0250. The smallest absolute Gasteiger partial charge is 0.225 e. The zero-order valence-corrected chi connectivity index (χ0v) is 12.6.